The normalized spacial score (nSPS) is 11.0. The highest BCUT2D eigenvalue weighted by atomic mass is 32.1. The standard InChI is InChI=1S/C15H15FN4OS/c16-13-4-2-1-3-11(13)5-6-14(21)17-8-7-12-9-22-15-19-18-10-20(12)15/h1-4,9-10H,5-8H2,(H,17,21). The van der Waals surface area contributed by atoms with Crippen LogP contribution in [0.25, 0.3) is 4.96 Å². The summed E-state index contributed by atoms with van der Waals surface area (Å²) in [4.78, 5) is 12.7. The molecule has 0 unspecified atom stereocenters. The third-order valence-corrected chi connectivity index (χ3v) is 4.29. The zero-order valence-electron chi connectivity index (χ0n) is 11.8. The van der Waals surface area contributed by atoms with Crippen LogP contribution in [0.3, 0.4) is 0 Å². The van der Waals surface area contributed by atoms with Crippen molar-refractivity contribution in [3.63, 3.8) is 0 Å². The van der Waals surface area contributed by atoms with Crippen LogP contribution in [0.4, 0.5) is 4.39 Å². The van der Waals surface area contributed by atoms with E-state index in [4.69, 9.17) is 0 Å². The first-order chi connectivity index (χ1) is 10.7. The van der Waals surface area contributed by atoms with E-state index >= 15 is 0 Å². The molecular formula is C15H15FN4OS. The number of amides is 1. The number of carbonyl (C=O) groups is 1. The lowest BCUT2D eigenvalue weighted by Gasteiger charge is -2.05. The van der Waals surface area contributed by atoms with Gasteiger partial charge in [0.15, 0.2) is 0 Å². The van der Waals surface area contributed by atoms with Crippen LogP contribution in [0.1, 0.15) is 17.7 Å². The number of hydrogen-bond donors (Lipinski definition) is 1. The molecule has 1 N–H and O–H groups in total. The fourth-order valence-corrected chi connectivity index (χ4v) is 3.07. The highest BCUT2D eigenvalue weighted by Crippen LogP contribution is 2.13. The molecule has 0 spiro atoms. The predicted molar refractivity (Wildman–Crippen MR) is 82.3 cm³/mol. The summed E-state index contributed by atoms with van der Waals surface area (Å²) in [6.45, 7) is 0.542. The van der Waals surface area contributed by atoms with Crippen molar-refractivity contribution in [2.75, 3.05) is 6.54 Å². The fourth-order valence-electron chi connectivity index (χ4n) is 2.23. The van der Waals surface area contributed by atoms with Gasteiger partial charge < -0.3 is 5.32 Å². The SMILES string of the molecule is O=C(CCc1ccccc1F)NCCc1csc2nncn12. The van der Waals surface area contributed by atoms with Gasteiger partial charge in [0.05, 0.1) is 0 Å². The van der Waals surface area contributed by atoms with E-state index in [-0.39, 0.29) is 18.1 Å². The first kappa shape index (κ1) is 14.6. The lowest BCUT2D eigenvalue weighted by molar-refractivity contribution is -0.121. The van der Waals surface area contributed by atoms with Gasteiger partial charge in [0.2, 0.25) is 10.9 Å². The minimum Gasteiger partial charge on any atom is -0.356 e. The number of halogens is 1. The number of rotatable bonds is 6. The van der Waals surface area contributed by atoms with E-state index in [0.717, 1.165) is 10.7 Å². The first-order valence-electron chi connectivity index (χ1n) is 7.00. The minimum absolute atomic E-state index is 0.0708. The molecule has 0 fully saturated rings. The zero-order chi connectivity index (χ0) is 15.4. The average molecular weight is 318 g/mol. The highest BCUT2D eigenvalue weighted by Gasteiger charge is 2.07. The number of carbonyl (C=O) groups excluding carboxylic acids is 1. The summed E-state index contributed by atoms with van der Waals surface area (Å²) in [5.41, 5.74) is 1.64. The Kier molecular flexibility index (Phi) is 4.43. The van der Waals surface area contributed by atoms with Crippen molar-refractivity contribution in [2.24, 2.45) is 0 Å². The topological polar surface area (TPSA) is 59.3 Å². The smallest absolute Gasteiger partial charge is 0.220 e. The van der Waals surface area contributed by atoms with Gasteiger partial charge in [0.1, 0.15) is 12.1 Å². The molecule has 0 aliphatic carbocycles. The van der Waals surface area contributed by atoms with Crippen LogP contribution >= 0.6 is 11.3 Å². The third kappa shape index (κ3) is 3.30. The number of nitrogens with zero attached hydrogens (tertiary/aromatic N) is 3. The van der Waals surface area contributed by atoms with Crippen molar-refractivity contribution in [3.05, 3.63) is 53.0 Å². The molecule has 0 saturated heterocycles. The Morgan fingerprint density at radius 3 is 3.05 bits per heavy atom. The summed E-state index contributed by atoms with van der Waals surface area (Å²) in [6.07, 6.45) is 3.07. The lowest BCUT2D eigenvalue weighted by atomic mass is 10.1. The molecule has 0 bridgehead atoms. The number of aryl methyl sites for hydroxylation is 1. The summed E-state index contributed by atoms with van der Waals surface area (Å²) in [5, 5.41) is 12.7. The Morgan fingerprint density at radius 2 is 2.18 bits per heavy atom. The van der Waals surface area contributed by atoms with Crippen LogP contribution in [0.2, 0.25) is 0 Å². The van der Waals surface area contributed by atoms with Crippen LogP contribution < -0.4 is 5.32 Å². The van der Waals surface area contributed by atoms with E-state index in [2.05, 4.69) is 15.5 Å². The van der Waals surface area contributed by atoms with Gasteiger partial charge in [-0.25, -0.2) is 4.39 Å². The molecule has 2 aromatic heterocycles. The molecule has 3 rings (SSSR count). The molecule has 5 nitrogen and oxygen atoms in total. The molecule has 0 aliphatic rings. The van der Waals surface area contributed by atoms with Crippen LogP contribution in [-0.4, -0.2) is 27.0 Å². The summed E-state index contributed by atoms with van der Waals surface area (Å²) in [7, 11) is 0. The quantitative estimate of drug-likeness (QED) is 0.758. The molecule has 0 saturated carbocycles. The maximum atomic E-state index is 13.5. The van der Waals surface area contributed by atoms with Gasteiger partial charge in [-0.15, -0.1) is 21.5 Å². The van der Waals surface area contributed by atoms with E-state index in [1.165, 1.54) is 17.4 Å². The van der Waals surface area contributed by atoms with E-state index in [1.807, 2.05) is 9.78 Å². The van der Waals surface area contributed by atoms with Crippen molar-refractivity contribution in [3.8, 4) is 0 Å². The van der Waals surface area contributed by atoms with Gasteiger partial charge in [0.25, 0.3) is 0 Å². The molecular weight excluding hydrogens is 303 g/mol. The van der Waals surface area contributed by atoms with Gasteiger partial charge in [-0.1, -0.05) is 18.2 Å². The van der Waals surface area contributed by atoms with Crippen LogP contribution in [-0.2, 0) is 17.6 Å². The Hall–Kier alpha value is -2.28. The van der Waals surface area contributed by atoms with Crippen molar-refractivity contribution in [1.29, 1.82) is 0 Å². The molecule has 0 atom stereocenters. The predicted octanol–water partition coefficient (Wildman–Crippen LogP) is 2.22. The minimum atomic E-state index is -0.261. The number of nitrogens with one attached hydrogen (secondary N) is 1. The van der Waals surface area contributed by atoms with E-state index in [0.29, 0.717) is 24.9 Å². The second-order valence-electron chi connectivity index (χ2n) is 4.90. The largest absolute Gasteiger partial charge is 0.356 e. The Labute approximate surface area is 130 Å². The second kappa shape index (κ2) is 6.65. The Morgan fingerprint density at radius 1 is 1.32 bits per heavy atom. The second-order valence-corrected chi connectivity index (χ2v) is 5.74. The summed E-state index contributed by atoms with van der Waals surface area (Å²) in [5.74, 6) is -0.331. The molecule has 7 heteroatoms. The summed E-state index contributed by atoms with van der Waals surface area (Å²) >= 11 is 1.52. The van der Waals surface area contributed by atoms with E-state index in [9.17, 15) is 9.18 Å². The number of benzene rings is 1. The van der Waals surface area contributed by atoms with Gasteiger partial charge in [0, 0.05) is 30.5 Å². The van der Waals surface area contributed by atoms with Crippen molar-refractivity contribution in [2.45, 2.75) is 19.3 Å². The lowest BCUT2D eigenvalue weighted by Crippen LogP contribution is -2.26. The Balaban J connectivity index is 1.45. The number of hydrogen-bond acceptors (Lipinski definition) is 4. The van der Waals surface area contributed by atoms with E-state index in [1.54, 1.807) is 24.5 Å². The van der Waals surface area contributed by atoms with Gasteiger partial charge in [-0.2, -0.15) is 0 Å². The summed E-state index contributed by atoms with van der Waals surface area (Å²) in [6, 6.07) is 6.54. The molecule has 1 amide bonds. The molecule has 114 valence electrons. The van der Waals surface area contributed by atoms with Crippen molar-refractivity contribution in [1.82, 2.24) is 19.9 Å². The van der Waals surface area contributed by atoms with E-state index < -0.39 is 0 Å². The van der Waals surface area contributed by atoms with Crippen LogP contribution in [0.5, 0.6) is 0 Å². The molecule has 22 heavy (non-hydrogen) atoms. The highest BCUT2D eigenvalue weighted by molar-refractivity contribution is 7.15. The molecule has 1 aromatic carbocycles. The van der Waals surface area contributed by atoms with Gasteiger partial charge >= 0.3 is 0 Å². The third-order valence-electron chi connectivity index (χ3n) is 3.41. The molecule has 3 aromatic rings. The maximum absolute atomic E-state index is 13.5. The zero-order valence-corrected chi connectivity index (χ0v) is 12.6. The van der Waals surface area contributed by atoms with Crippen molar-refractivity contribution < 1.29 is 9.18 Å². The monoisotopic (exact) mass is 318 g/mol. The number of thiazole rings is 1. The van der Waals surface area contributed by atoms with Crippen LogP contribution in [0.15, 0.2) is 36.0 Å². The Bertz CT molecular complexity index is 783. The number of fused-ring (bicyclic) bond motifs is 1. The molecule has 2 heterocycles. The van der Waals surface area contributed by atoms with Gasteiger partial charge in [-0.05, 0) is 18.1 Å². The average Bonchev–Trinajstić information content (AvgIpc) is 3.11. The van der Waals surface area contributed by atoms with Gasteiger partial charge in [-0.3, -0.25) is 9.20 Å². The first-order valence-corrected chi connectivity index (χ1v) is 7.88. The number of aromatic nitrogens is 3. The van der Waals surface area contributed by atoms with Crippen LogP contribution in [0, 0.1) is 5.82 Å². The molecule has 0 aliphatic heterocycles. The molecule has 0 radical (unpaired) electrons. The van der Waals surface area contributed by atoms with Crippen molar-refractivity contribution >= 4 is 22.2 Å². The summed E-state index contributed by atoms with van der Waals surface area (Å²) < 4.78 is 15.4. The maximum Gasteiger partial charge on any atom is 0.220 e. The fraction of sp³-hybridized carbons (Fsp3) is 0.267.